The lowest BCUT2D eigenvalue weighted by Crippen LogP contribution is -2.27. The van der Waals surface area contributed by atoms with Gasteiger partial charge in [-0.1, -0.05) is 6.42 Å². The van der Waals surface area contributed by atoms with Crippen LogP contribution < -0.4 is 5.32 Å². The van der Waals surface area contributed by atoms with Crippen molar-refractivity contribution < 1.29 is 9.52 Å². The molecule has 1 aromatic rings. The van der Waals surface area contributed by atoms with E-state index in [1.807, 2.05) is 6.07 Å². The van der Waals surface area contributed by atoms with Gasteiger partial charge < -0.3 is 14.8 Å². The Hall–Kier alpha value is -1.31. The van der Waals surface area contributed by atoms with Crippen LogP contribution in [0.15, 0.2) is 16.5 Å². The van der Waals surface area contributed by atoms with Crippen molar-refractivity contribution in [3.8, 4) is 6.07 Å². The first kappa shape index (κ1) is 11.2. The molecule has 0 saturated heterocycles. The van der Waals surface area contributed by atoms with E-state index in [0.29, 0.717) is 18.2 Å². The highest BCUT2D eigenvalue weighted by Gasteiger charge is 2.24. The van der Waals surface area contributed by atoms with Gasteiger partial charge in [-0.05, 0) is 30.9 Å². The molecule has 16 heavy (non-hydrogen) atoms. The van der Waals surface area contributed by atoms with Gasteiger partial charge in [0.15, 0.2) is 0 Å². The molecular weight excluding hydrogens is 204 g/mol. The Labute approximate surface area is 94.9 Å². The monoisotopic (exact) mass is 220 g/mol. The van der Waals surface area contributed by atoms with Crippen molar-refractivity contribution in [2.45, 2.75) is 31.9 Å². The summed E-state index contributed by atoms with van der Waals surface area (Å²) in [4.78, 5) is 0. The highest BCUT2D eigenvalue weighted by molar-refractivity contribution is 5.18. The summed E-state index contributed by atoms with van der Waals surface area (Å²) in [6, 6.07) is 5.42. The smallest absolute Gasteiger partial charge is 0.203 e. The summed E-state index contributed by atoms with van der Waals surface area (Å²) in [6.07, 6.45) is 2.98. The second kappa shape index (κ2) is 5.15. The summed E-state index contributed by atoms with van der Waals surface area (Å²) in [5.74, 6) is 1.48. The topological polar surface area (TPSA) is 69.2 Å². The molecule has 1 heterocycles. The van der Waals surface area contributed by atoms with Crippen LogP contribution in [0.5, 0.6) is 0 Å². The lowest BCUT2D eigenvalue weighted by atomic mass is 10.1. The van der Waals surface area contributed by atoms with Crippen LogP contribution in [0.25, 0.3) is 0 Å². The van der Waals surface area contributed by atoms with Gasteiger partial charge in [0.1, 0.15) is 11.8 Å². The molecule has 1 aliphatic rings. The first-order valence-corrected chi connectivity index (χ1v) is 5.67. The van der Waals surface area contributed by atoms with Gasteiger partial charge in [0, 0.05) is 6.54 Å². The highest BCUT2D eigenvalue weighted by Crippen LogP contribution is 2.24. The Kier molecular flexibility index (Phi) is 3.60. The minimum Gasteiger partial charge on any atom is -0.449 e. The van der Waals surface area contributed by atoms with E-state index in [4.69, 9.17) is 9.68 Å². The zero-order chi connectivity index (χ0) is 11.4. The van der Waals surface area contributed by atoms with Gasteiger partial charge in [-0.3, -0.25) is 0 Å². The third-order valence-corrected chi connectivity index (χ3v) is 3.10. The van der Waals surface area contributed by atoms with Crippen molar-refractivity contribution in [1.29, 1.82) is 5.26 Å². The van der Waals surface area contributed by atoms with Crippen LogP contribution in [0, 0.1) is 17.2 Å². The molecule has 1 fully saturated rings. The quantitative estimate of drug-likeness (QED) is 0.804. The van der Waals surface area contributed by atoms with E-state index in [2.05, 4.69) is 5.32 Å². The lowest BCUT2D eigenvalue weighted by molar-refractivity contribution is 0.131. The molecule has 1 aromatic heterocycles. The van der Waals surface area contributed by atoms with Crippen molar-refractivity contribution in [1.82, 2.24) is 5.32 Å². The van der Waals surface area contributed by atoms with E-state index < -0.39 is 0 Å². The van der Waals surface area contributed by atoms with Crippen molar-refractivity contribution in [2.75, 3.05) is 6.54 Å². The third kappa shape index (κ3) is 2.63. The van der Waals surface area contributed by atoms with Crippen LogP contribution >= 0.6 is 0 Å². The standard InChI is InChI=1S/C12H16N2O2/c13-6-10-4-5-11(16-10)8-14-7-9-2-1-3-12(9)15/h4-5,9,12,14-15H,1-3,7-8H2. The molecule has 2 N–H and O–H groups in total. The number of nitriles is 1. The van der Waals surface area contributed by atoms with Crippen LogP contribution in [-0.2, 0) is 6.54 Å². The minimum absolute atomic E-state index is 0.154. The van der Waals surface area contributed by atoms with Gasteiger partial charge in [0.2, 0.25) is 5.76 Å². The SMILES string of the molecule is N#Cc1ccc(CNCC2CCCC2O)o1. The second-order valence-electron chi connectivity index (χ2n) is 4.27. The Morgan fingerprint density at radius 3 is 3.00 bits per heavy atom. The molecule has 0 aromatic carbocycles. The number of nitrogens with one attached hydrogen (secondary N) is 1. The van der Waals surface area contributed by atoms with Crippen LogP contribution in [0.1, 0.15) is 30.8 Å². The Morgan fingerprint density at radius 2 is 2.38 bits per heavy atom. The van der Waals surface area contributed by atoms with Gasteiger partial charge >= 0.3 is 0 Å². The lowest BCUT2D eigenvalue weighted by Gasteiger charge is -2.14. The molecule has 2 atom stereocenters. The van der Waals surface area contributed by atoms with E-state index >= 15 is 0 Å². The average Bonchev–Trinajstić information content (AvgIpc) is 2.89. The van der Waals surface area contributed by atoms with Crippen molar-refractivity contribution in [2.24, 2.45) is 5.92 Å². The maximum atomic E-state index is 9.62. The van der Waals surface area contributed by atoms with Crippen molar-refractivity contribution in [3.05, 3.63) is 23.7 Å². The molecule has 86 valence electrons. The zero-order valence-corrected chi connectivity index (χ0v) is 9.15. The van der Waals surface area contributed by atoms with E-state index in [9.17, 15) is 5.11 Å². The van der Waals surface area contributed by atoms with Crippen LogP contribution in [0.2, 0.25) is 0 Å². The zero-order valence-electron chi connectivity index (χ0n) is 9.15. The first-order chi connectivity index (χ1) is 7.79. The molecule has 0 aliphatic heterocycles. The molecule has 4 heteroatoms. The maximum Gasteiger partial charge on any atom is 0.203 e. The fourth-order valence-corrected chi connectivity index (χ4v) is 2.17. The summed E-state index contributed by atoms with van der Waals surface area (Å²) in [5, 5.41) is 21.5. The van der Waals surface area contributed by atoms with Gasteiger partial charge in [-0.15, -0.1) is 0 Å². The Morgan fingerprint density at radius 1 is 1.50 bits per heavy atom. The number of rotatable bonds is 4. The summed E-state index contributed by atoms with van der Waals surface area (Å²) < 4.78 is 5.24. The van der Waals surface area contributed by atoms with Crippen LogP contribution in [-0.4, -0.2) is 17.8 Å². The van der Waals surface area contributed by atoms with Crippen molar-refractivity contribution >= 4 is 0 Å². The van der Waals surface area contributed by atoms with E-state index in [0.717, 1.165) is 31.6 Å². The fourth-order valence-electron chi connectivity index (χ4n) is 2.17. The molecule has 1 aliphatic carbocycles. The second-order valence-corrected chi connectivity index (χ2v) is 4.27. The molecule has 0 spiro atoms. The van der Waals surface area contributed by atoms with E-state index in [-0.39, 0.29) is 6.10 Å². The third-order valence-electron chi connectivity index (χ3n) is 3.10. The summed E-state index contributed by atoms with van der Waals surface area (Å²) >= 11 is 0. The van der Waals surface area contributed by atoms with Gasteiger partial charge in [0.05, 0.1) is 12.6 Å². The van der Waals surface area contributed by atoms with Gasteiger partial charge in [-0.2, -0.15) is 5.26 Å². The highest BCUT2D eigenvalue weighted by atomic mass is 16.3. The van der Waals surface area contributed by atoms with Gasteiger partial charge in [-0.25, -0.2) is 0 Å². The molecule has 2 rings (SSSR count). The number of nitrogens with zero attached hydrogens (tertiary/aromatic N) is 1. The predicted octanol–water partition coefficient (Wildman–Crippen LogP) is 1.40. The number of aliphatic hydroxyl groups is 1. The molecule has 0 amide bonds. The van der Waals surface area contributed by atoms with Gasteiger partial charge in [0.25, 0.3) is 0 Å². The van der Waals surface area contributed by atoms with Crippen LogP contribution in [0.3, 0.4) is 0 Å². The number of furan rings is 1. The fraction of sp³-hybridized carbons (Fsp3) is 0.583. The molecule has 2 unspecified atom stereocenters. The Balaban J connectivity index is 1.73. The van der Waals surface area contributed by atoms with Crippen molar-refractivity contribution in [3.63, 3.8) is 0 Å². The summed E-state index contributed by atoms with van der Waals surface area (Å²) in [5.41, 5.74) is 0. The maximum absolute atomic E-state index is 9.62. The summed E-state index contributed by atoms with van der Waals surface area (Å²) in [7, 11) is 0. The molecular formula is C12H16N2O2. The van der Waals surface area contributed by atoms with E-state index in [1.54, 1.807) is 12.1 Å². The number of hydrogen-bond acceptors (Lipinski definition) is 4. The normalized spacial score (nSPS) is 24.5. The molecule has 1 saturated carbocycles. The Bertz CT molecular complexity index is 381. The molecule has 4 nitrogen and oxygen atoms in total. The first-order valence-electron chi connectivity index (χ1n) is 5.67. The molecule has 0 bridgehead atoms. The van der Waals surface area contributed by atoms with Crippen LogP contribution in [0.4, 0.5) is 0 Å². The number of hydrogen-bond donors (Lipinski definition) is 2. The molecule has 0 radical (unpaired) electrons. The van der Waals surface area contributed by atoms with E-state index in [1.165, 1.54) is 0 Å². The summed E-state index contributed by atoms with van der Waals surface area (Å²) in [6.45, 7) is 1.43. The average molecular weight is 220 g/mol. The predicted molar refractivity (Wildman–Crippen MR) is 58.5 cm³/mol. The number of aliphatic hydroxyl groups excluding tert-OH is 1. The largest absolute Gasteiger partial charge is 0.449 e. The minimum atomic E-state index is -0.154.